The first-order chi connectivity index (χ1) is 11.5. The number of ether oxygens (including phenoxy) is 2. The van der Waals surface area contributed by atoms with Crippen molar-refractivity contribution >= 4 is 12.0 Å². The maximum Gasteiger partial charge on any atom is 0.264 e. The van der Waals surface area contributed by atoms with Crippen LogP contribution in [0.2, 0.25) is 0 Å². The Morgan fingerprint density at radius 3 is 2.62 bits per heavy atom. The van der Waals surface area contributed by atoms with E-state index in [0.29, 0.717) is 18.1 Å². The Balaban J connectivity index is 2.27. The molecule has 0 atom stereocenters. The van der Waals surface area contributed by atoms with Crippen molar-refractivity contribution in [1.29, 1.82) is 5.26 Å². The highest BCUT2D eigenvalue weighted by atomic mass is 16.5. The molecule has 0 radical (unpaired) electrons. The van der Waals surface area contributed by atoms with Crippen molar-refractivity contribution in [2.24, 2.45) is 0 Å². The summed E-state index contributed by atoms with van der Waals surface area (Å²) in [5, 5.41) is 9.34. The van der Waals surface area contributed by atoms with Gasteiger partial charge in [-0.25, -0.2) is 0 Å². The van der Waals surface area contributed by atoms with Crippen LogP contribution in [0.25, 0.3) is 6.08 Å². The summed E-state index contributed by atoms with van der Waals surface area (Å²) in [6, 6.07) is 7.46. The molecule has 1 fully saturated rings. The fourth-order valence-electron chi connectivity index (χ4n) is 2.63. The predicted molar refractivity (Wildman–Crippen MR) is 92.8 cm³/mol. The summed E-state index contributed by atoms with van der Waals surface area (Å²) in [6.07, 6.45) is 3.65. The largest absolute Gasteiger partial charge is 0.490 e. The fourth-order valence-corrected chi connectivity index (χ4v) is 2.63. The second-order valence-corrected chi connectivity index (χ2v) is 5.97. The van der Waals surface area contributed by atoms with Crippen molar-refractivity contribution in [3.63, 3.8) is 0 Å². The summed E-state index contributed by atoms with van der Waals surface area (Å²) >= 11 is 0. The Morgan fingerprint density at radius 1 is 1.33 bits per heavy atom. The van der Waals surface area contributed by atoms with Gasteiger partial charge in [0, 0.05) is 13.1 Å². The van der Waals surface area contributed by atoms with Gasteiger partial charge in [0.1, 0.15) is 11.6 Å². The van der Waals surface area contributed by atoms with Crippen LogP contribution in [0.1, 0.15) is 39.2 Å². The lowest BCUT2D eigenvalue weighted by Crippen LogP contribution is -2.28. The van der Waals surface area contributed by atoms with E-state index in [-0.39, 0.29) is 17.6 Å². The molecule has 2 rings (SSSR count). The molecule has 0 spiro atoms. The van der Waals surface area contributed by atoms with E-state index >= 15 is 0 Å². The van der Waals surface area contributed by atoms with E-state index in [0.717, 1.165) is 31.5 Å². The summed E-state index contributed by atoms with van der Waals surface area (Å²) in [5.41, 5.74) is 0.899. The topological polar surface area (TPSA) is 62.6 Å². The molecule has 0 aromatic heterocycles. The van der Waals surface area contributed by atoms with E-state index in [4.69, 9.17) is 9.47 Å². The number of nitrogens with zero attached hydrogens (tertiary/aromatic N) is 2. The smallest absolute Gasteiger partial charge is 0.264 e. The Kier molecular flexibility index (Phi) is 6.25. The van der Waals surface area contributed by atoms with Gasteiger partial charge in [-0.15, -0.1) is 0 Å². The molecule has 1 aromatic rings. The second-order valence-electron chi connectivity index (χ2n) is 5.97. The molecular weight excluding hydrogens is 304 g/mol. The first kappa shape index (κ1) is 17.9. The van der Waals surface area contributed by atoms with Crippen LogP contribution in [0.15, 0.2) is 23.8 Å². The number of nitriles is 1. The van der Waals surface area contributed by atoms with Crippen LogP contribution in [0.4, 0.5) is 0 Å². The predicted octanol–water partition coefficient (Wildman–Crippen LogP) is 3.40. The average Bonchev–Trinajstić information content (AvgIpc) is 3.08. The number of rotatable bonds is 6. The standard InChI is InChI=1S/C19H24N2O3/c1-4-23-18-12-15(7-8-17(18)24-14(2)3)11-16(13-20)19(22)21-9-5-6-10-21/h7-8,11-12,14H,4-6,9-10H2,1-3H3/b16-11+. The lowest BCUT2D eigenvalue weighted by Gasteiger charge is -2.16. The van der Waals surface area contributed by atoms with Gasteiger partial charge in [-0.1, -0.05) is 6.07 Å². The minimum Gasteiger partial charge on any atom is -0.490 e. The fraction of sp³-hybridized carbons (Fsp3) is 0.474. The minimum absolute atomic E-state index is 0.0389. The number of benzene rings is 1. The maximum atomic E-state index is 12.4. The molecule has 1 saturated heterocycles. The van der Waals surface area contributed by atoms with Gasteiger partial charge in [-0.2, -0.15) is 5.26 Å². The molecule has 128 valence electrons. The van der Waals surface area contributed by atoms with Gasteiger partial charge in [0.15, 0.2) is 11.5 Å². The van der Waals surface area contributed by atoms with Crippen LogP contribution >= 0.6 is 0 Å². The molecular formula is C19H24N2O3. The number of amides is 1. The summed E-state index contributed by atoms with van der Waals surface area (Å²) in [4.78, 5) is 14.1. The summed E-state index contributed by atoms with van der Waals surface area (Å²) in [5.74, 6) is 1.08. The number of hydrogen-bond donors (Lipinski definition) is 0. The molecule has 24 heavy (non-hydrogen) atoms. The highest BCUT2D eigenvalue weighted by Crippen LogP contribution is 2.30. The van der Waals surface area contributed by atoms with Gasteiger partial charge in [-0.05, 0) is 57.4 Å². The molecule has 1 amide bonds. The van der Waals surface area contributed by atoms with E-state index in [1.165, 1.54) is 0 Å². The van der Waals surface area contributed by atoms with Gasteiger partial charge in [0.25, 0.3) is 5.91 Å². The third-order valence-electron chi connectivity index (χ3n) is 3.69. The quantitative estimate of drug-likeness (QED) is 0.593. The van der Waals surface area contributed by atoms with Crippen molar-refractivity contribution in [3.05, 3.63) is 29.3 Å². The molecule has 0 unspecified atom stereocenters. The van der Waals surface area contributed by atoms with Crippen molar-refractivity contribution in [2.75, 3.05) is 19.7 Å². The van der Waals surface area contributed by atoms with Crippen LogP contribution in [0, 0.1) is 11.3 Å². The molecule has 0 bridgehead atoms. The van der Waals surface area contributed by atoms with Gasteiger partial charge in [0.2, 0.25) is 0 Å². The van der Waals surface area contributed by atoms with Crippen LogP contribution < -0.4 is 9.47 Å². The molecule has 0 aliphatic carbocycles. The lowest BCUT2D eigenvalue weighted by molar-refractivity contribution is -0.125. The number of likely N-dealkylation sites (tertiary alicyclic amines) is 1. The van der Waals surface area contributed by atoms with Crippen LogP contribution in [-0.4, -0.2) is 36.6 Å². The first-order valence-electron chi connectivity index (χ1n) is 8.39. The molecule has 5 heteroatoms. The molecule has 5 nitrogen and oxygen atoms in total. The number of carbonyl (C=O) groups excluding carboxylic acids is 1. The SMILES string of the molecule is CCOc1cc(/C=C(\C#N)C(=O)N2CCCC2)ccc1OC(C)C. The molecule has 1 aromatic carbocycles. The van der Waals surface area contributed by atoms with E-state index < -0.39 is 0 Å². The highest BCUT2D eigenvalue weighted by molar-refractivity contribution is 6.01. The second kappa shape index (κ2) is 8.39. The van der Waals surface area contributed by atoms with Crippen molar-refractivity contribution < 1.29 is 14.3 Å². The zero-order valence-electron chi connectivity index (χ0n) is 14.5. The molecule has 1 aliphatic rings. The van der Waals surface area contributed by atoms with Crippen LogP contribution in [-0.2, 0) is 4.79 Å². The Morgan fingerprint density at radius 2 is 2.04 bits per heavy atom. The van der Waals surface area contributed by atoms with Crippen LogP contribution in [0.3, 0.4) is 0 Å². The van der Waals surface area contributed by atoms with Gasteiger partial charge in [0.05, 0.1) is 12.7 Å². The van der Waals surface area contributed by atoms with E-state index in [2.05, 4.69) is 0 Å². The highest BCUT2D eigenvalue weighted by Gasteiger charge is 2.21. The Bertz CT molecular complexity index is 653. The molecule has 0 N–H and O–H groups in total. The van der Waals surface area contributed by atoms with Crippen molar-refractivity contribution in [1.82, 2.24) is 4.90 Å². The normalized spacial score (nSPS) is 14.6. The van der Waals surface area contributed by atoms with Gasteiger partial charge < -0.3 is 14.4 Å². The third-order valence-corrected chi connectivity index (χ3v) is 3.69. The zero-order valence-corrected chi connectivity index (χ0v) is 14.5. The van der Waals surface area contributed by atoms with Crippen LogP contribution in [0.5, 0.6) is 11.5 Å². The Hall–Kier alpha value is -2.48. The number of carbonyl (C=O) groups is 1. The number of hydrogen-bond acceptors (Lipinski definition) is 4. The zero-order chi connectivity index (χ0) is 17.5. The van der Waals surface area contributed by atoms with Crippen molar-refractivity contribution in [2.45, 2.75) is 39.7 Å². The Labute approximate surface area is 143 Å². The maximum absolute atomic E-state index is 12.4. The van der Waals surface area contributed by atoms with Crippen molar-refractivity contribution in [3.8, 4) is 17.6 Å². The molecule has 1 heterocycles. The van der Waals surface area contributed by atoms with Gasteiger partial charge >= 0.3 is 0 Å². The molecule has 1 aliphatic heterocycles. The summed E-state index contributed by atoms with van der Waals surface area (Å²) in [6.45, 7) is 7.77. The third kappa shape index (κ3) is 4.51. The minimum atomic E-state index is -0.199. The average molecular weight is 328 g/mol. The lowest BCUT2D eigenvalue weighted by atomic mass is 10.1. The summed E-state index contributed by atoms with van der Waals surface area (Å²) < 4.78 is 11.3. The molecule has 0 saturated carbocycles. The van der Waals surface area contributed by atoms with E-state index in [1.54, 1.807) is 17.0 Å². The van der Waals surface area contributed by atoms with E-state index in [9.17, 15) is 10.1 Å². The first-order valence-corrected chi connectivity index (χ1v) is 8.39. The summed E-state index contributed by atoms with van der Waals surface area (Å²) in [7, 11) is 0. The van der Waals surface area contributed by atoms with E-state index in [1.807, 2.05) is 39.0 Å². The van der Waals surface area contributed by atoms with Gasteiger partial charge in [-0.3, -0.25) is 4.79 Å². The monoisotopic (exact) mass is 328 g/mol.